The summed E-state index contributed by atoms with van der Waals surface area (Å²) in [6, 6.07) is 6.36. The van der Waals surface area contributed by atoms with E-state index in [1.165, 1.54) is 12.1 Å². The highest BCUT2D eigenvalue weighted by Gasteiger charge is 2.48. The highest BCUT2D eigenvalue weighted by molar-refractivity contribution is 5.87. The van der Waals surface area contributed by atoms with Crippen molar-refractivity contribution in [3.63, 3.8) is 0 Å². The van der Waals surface area contributed by atoms with Crippen molar-refractivity contribution < 1.29 is 18.7 Å². The topological polar surface area (TPSA) is 49.9 Å². The van der Waals surface area contributed by atoms with E-state index in [1.54, 1.807) is 17.0 Å². The molecule has 0 bridgehead atoms. The first-order chi connectivity index (χ1) is 12.9. The van der Waals surface area contributed by atoms with E-state index in [0.29, 0.717) is 39.0 Å². The molecule has 0 aromatic heterocycles. The minimum absolute atomic E-state index is 0.0195. The Bertz CT molecular complexity index is 677. The molecule has 0 N–H and O–H groups in total. The van der Waals surface area contributed by atoms with Gasteiger partial charge in [-0.3, -0.25) is 9.59 Å². The summed E-state index contributed by atoms with van der Waals surface area (Å²) >= 11 is 0. The van der Waals surface area contributed by atoms with Gasteiger partial charge in [0.1, 0.15) is 5.82 Å². The van der Waals surface area contributed by atoms with E-state index in [1.807, 2.05) is 18.7 Å². The molecule has 6 heteroatoms. The van der Waals surface area contributed by atoms with Gasteiger partial charge in [-0.05, 0) is 57.2 Å². The summed E-state index contributed by atoms with van der Waals surface area (Å²) in [6.45, 7) is 6.02. The highest BCUT2D eigenvalue weighted by Crippen LogP contribution is 2.31. The van der Waals surface area contributed by atoms with Crippen molar-refractivity contribution in [1.29, 1.82) is 0 Å². The second-order valence-corrected chi connectivity index (χ2v) is 7.83. The quantitative estimate of drug-likeness (QED) is 0.812. The van der Waals surface area contributed by atoms with Crippen LogP contribution >= 0.6 is 0 Å². The third kappa shape index (κ3) is 4.49. The van der Waals surface area contributed by atoms with Crippen LogP contribution in [0.2, 0.25) is 0 Å². The Morgan fingerprint density at radius 2 is 1.96 bits per heavy atom. The SMILES string of the molecule is CC(C)N1CCCCC2(CN(C(=O)CCc3ccc(F)cc3)CCO2)C1=O. The minimum Gasteiger partial charge on any atom is -0.361 e. The summed E-state index contributed by atoms with van der Waals surface area (Å²) in [4.78, 5) is 29.6. The van der Waals surface area contributed by atoms with Crippen molar-refractivity contribution in [1.82, 2.24) is 9.80 Å². The molecule has 5 nitrogen and oxygen atoms in total. The molecule has 2 aliphatic rings. The average molecular weight is 376 g/mol. The number of amides is 2. The standard InChI is InChI=1S/C21H29FN2O3/c1-16(2)24-12-4-3-11-21(20(24)26)15-23(13-14-27-21)19(25)10-7-17-5-8-18(22)9-6-17/h5-6,8-9,16H,3-4,7,10-15H2,1-2H3. The number of morpholine rings is 1. The molecule has 0 aliphatic carbocycles. The fourth-order valence-corrected chi connectivity index (χ4v) is 3.99. The lowest BCUT2D eigenvalue weighted by molar-refractivity contribution is -0.175. The van der Waals surface area contributed by atoms with Crippen LogP contribution in [0.4, 0.5) is 4.39 Å². The number of aryl methyl sites for hydroxylation is 1. The van der Waals surface area contributed by atoms with Crippen LogP contribution in [-0.4, -0.2) is 59.5 Å². The Morgan fingerprint density at radius 3 is 2.67 bits per heavy atom. The molecule has 148 valence electrons. The highest BCUT2D eigenvalue weighted by atomic mass is 19.1. The third-order valence-electron chi connectivity index (χ3n) is 5.58. The molecule has 2 aliphatic heterocycles. The second-order valence-electron chi connectivity index (χ2n) is 7.83. The van der Waals surface area contributed by atoms with Crippen molar-refractivity contribution in [2.45, 2.75) is 57.6 Å². The van der Waals surface area contributed by atoms with Gasteiger partial charge in [0.05, 0.1) is 13.2 Å². The molecule has 27 heavy (non-hydrogen) atoms. The number of likely N-dealkylation sites (tertiary alicyclic amines) is 1. The van der Waals surface area contributed by atoms with Crippen LogP contribution in [0.3, 0.4) is 0 Å². The van der Waals surface area contributed by atoms with Gasteiger partial charge in [0.25, 0.3) is 5.91 Å². The molecule has 2 fully saturated rings. The van der Waals surface area contributed by atoms with Crippen molar-refractivity contribution in [2.75, 3.05) is 26.2 Å². The zero-order valence-corrected chi connectivity index (χ0v) is 16.2. The normalized spacial score (nSPS) is 23.8. The number of benzene rings is 1. The third-order valence-corrected chi connectivity index (χ3v) is 5.58. The number of rotatable bonds is 4. The van der Waals surface area contributed by atoms with E-state index in [2.05, 4.69) is 0 Å². The van der Waals surface area contributed by atoms with E-state index in [4.69, 9.17) is 4.74 Å². The molecule has 3 rings (SSSR count). The molecular formula is C21H29FN2O3. The van der Waals surface area contributed by atoms with Crippen LogP contribution in [0.15, 0.2) is 24.3 Å². The molecule has 0 saturated carbocycles. The maximum Gasteiger partial charge on any atom is 0.256 e. The zero-order valence-electron chi connectivity index (χ0n) is 16.2. The predicted octanol–water partition coefficient (Wildman–Crippen LogP) is 2.78. The summed E-state index contributed by atoms with van der Waals surface area (Å²) in [5.41, 5.74) is 0.0362. The van der Waals surface area contributed by atoms with Crippen LogP contribution in [0.1, 0.15) is 45.1 Å². The van der Waals surface area contributed by atoms with Gasteiger partial charge >= 0.3 is 0 Å². The molecule has 2 heterocycles. The Morgan fingerprint density at radius 1 is 1.22 bits per heavy atom. The number of hydrogen-bond donors (Lipinski definition) is 0. The Hall–Kier alpha value is -1.95. The monoisotopic (exact) mass is 376 g/mol. The molecule has 1 spiro atoms. The summed E-state index contributed by atoms with van der Waals surface area (Å²) < 4.78 is 19.0. The number of ether oxygens (including phenoxy) is 1. The van der Waals surface area contributed by atoms with Crippen molar-refractivity contribution in [2.24, 2.45) is 0 Å². The minimum atomic E-state index is -0.898. The summed E-state index contributed by atoms with van der Waals surface area (Å²) in [5.74, 6) is -0.233. The predicted molar refractivity (Wildman–Crippen MR) is 101 cm³/mol. The van der Waals surface area contributed by atoms with Gasteiger partial charge in [-0.1, -0.05) is 12.1 Å². The smallest absolute Gasteiger partial charge is 0.256 e. The molecule has 1 atom stereocenters. The Kier molecular flexibility index (Phi) is 6.15. The second kappa shape index (κ2) is 8.38. The van der Waals surface area contributed by atoms with Gasteiger partial charge in [-0.15, -0.1) is 0 Å². The summed E-state index contributed by atoms with van der Waals surface area (Å²) in [6.07, 6.45) is 3.47. The molecular weight excluding hydrogens is 347 g/mol. The first-order valence-electron chi connectivity index (χ1n) is 9.88. The Balaban J connectivity index is 1.66. The van der Waals surface area contributed by atoms with Gasteiger partial charge in [0.15, 0.2) is 5.60 Å². The first kappa shape index (κ1) is 19.8. The van der Waals surface area contributed by atoms with Gasteiger partial charge in [0.2, 0.25) is 5.91 Å². The summed E-state index contributed by atoms with van der Waals surface area (Å²) in [5, 5.41) is 0. The first-order valence-corrected chi connectivity index (χ1v) is 9.88. The molecule has 1 aromatic rings. The van der Waals surface area contributed by atoms with E-state index in [9.17, 15) is 14.0 Å². The maximum absolute atomic E-state index is 13.2. The van der Waals surface area contributed by atoms with Gasteiger partial charge in [0, 0.05) is 25.6 Å². The van der Waals surface area contributed by atoms with Crippen molar-refractivity contribution in [3.8, 4) is 0 Å². The summed E-state index contributed by atoms with van der Waals surface area (Å²) in [7, 11) is 0. The molecule has 2 amide bonds. The van der Waals surface area contributed by atoms with Crippen LogP contribution in [0, 0.1) is 5.82 Å². The van der Waals surface area contributed by atoms with E-state index in [0.717, 1.165) is 24.9 Å². The lowest BCUT2D eigenvalue weighted by Gasteiger charge is -2.43. The van der Waals surface area contributed by atoms with Crippen LogP contribution in [0.25, 0.3) is 0 Å². The average Bonchev–Trinajstić information content (AvgIpc) is 2.81. The van der Waals surface area contributed by atoms with Gasteiger partial charge in [-0.25, -0.2) is 4.39 Å². The molecule has 2 saturated heterocycles. The molecule has 1 aromatic carbocycles. The number of carbonyl (C=O) groups is 2. The number of hydrogen-bond acceptors (Lipinski definition) is 3. The van der Waals surface area contributed by atoms with Gasteiger partial charge < -0.3 is 14.5 Å². The fourth-order valence-electron chi connectivity index (χ4n) is 3.99. The largest absolute Gasteiger partial charge is 0.361 e. The number of halogens is 1. The molecule has 1 unspecified atom stereocenters. The maximum atomic E-state index is 13.2. The number of nitrogens with zero attached hydrogens (tertiary/aromatic N) is 2. The van der Waals surface area contributed by atoms with Crippen LogP contribution < -0.4 is 0 Å². The van der Waals surface area contributed by atoms with Crippen molar-refractivity contribution >= 4 is 11.8 Å². The lowest BCUT2D eigenvalue weighted by atomic mass is 9.93. The Labute approximate surface area is 160 Å². The van der Waals surface area contributed by atoms with Crippen LogP contribution in [0.5, 0.6) is 0 Å². The fraction of sp³-hybridized carbons (Fsp3) is 0.619. The van der Waals surface area contributed by atoms with E-state index < -0.39 is 5.60 Å². The van der Waals surface area contributed by atoms with Gasteiger partial charge in [-0.2, -0.15) is 0 Å². The lowest BCUT2D eigenvalue weighted by Crippen LogP contribution is -2.61. The van der Waals surface area contributed by atoms with Crippen molar-refractivity contribution in [3.05, 3.63) is 35.6 Å². The van der Waals surface area contributed by atoms with E-state index in [-0.39, 0.29) is 23.7 Å². The zero-order chi connectivity index (χ0) is 19.4. The van der Waals surface area contributed by atoms with Crippen LogP contribution in [-0.2, 0) is 20.7 Å². The van der Waals surface area contributed by atoms with E-state index >= 15 is 0 Å². The molecule has 0 radical (unpaired) electrons. The number of carbonyl (C=O) groups excluding carboxylic acids is 2.